The highest BCUT2D eigenvalue weighted by Gasteiger charge is 2.25. The summed E-state index contributed by atoms with van der Waals surface area (Å²) in [5.41, 5.74) is 35.4. The zero-order valence-corrected chi connectivity index (χ0v) is 78.2. The fourth-order valence-corrected chi connectivity index (χ4v) is 20.7. The molecule has 29 rings (SSSR count). The smallest absolute Gasteiger partial charge is 0.166 e. The number of hydrogen-bond donors (Lipinski definition) is 0. The van der Waals surface area contributed by atoms with Gasteiger partial charge in [-0.05, 0) is 325 Å². The summed E-state index contributed by atoms with van der Waals surface area (Å²) in [7, 11) is 0. The van der Waals surface area contributed by atoms with Crippen LogP contribution in [-0.4, -0.2) is 48.6 Å². The number of hydrogen-bond acceptors (Lipinski definition) is 7. The Morgan fingerprint density at radius 1 is 0.159 bits per heavy atom. The molecule has 0 unspecified atom stereocenters. The fraction of sp³-hybridized carbons (Fsp3) is 0. The van der Waals surface area contributed by atoms with Crippen LogP contribution < -0.4 is 0 Å². The van der Waals surface area contributed by atoms with Crippen molar-refractivity contribution in [1.29, 1.82) is 0 Å². The van der Waals surface area contributed by atoms with Gasteiger partial charge in [-0.15, -0.1) is 0 Å². The molecule has 0 amide bonds. The molecule has 7 heterocycles. The Hall–Kier alpha value is -19.6. The Balaban J connectivity index is 0.000000111. The number of benzene rings is 22. The number of pyridine rings is 1. The molecule has 676 valence electrons. The van der Waals surface area contributed by atoms with Gasteiger partial charge in [-0.1, -0.05) is 340 Å². The van der Waals surface area contributed by atoms with E-state index in [0.29, 0.717) is 5.56 Å². The zero-order valence-electron chi connectivity index (χ0n) is 83.2. The van der Waals surface area contributed by atoms with E-state index in [4.69, 9.17) is 41.7 Å². The van der Waals surface area contributed by atoms with Crippen molar-refractivity contribution in [2.45, 2.75) is 0 Å². The molecule has 0 spiro atoms. The predicted molar refractivity (Wildman–Crippen MR) is 604 cm³/mol. The van der Waals surface area contributed by atoms with Gasteiger partial charge in [0.1, 0.15) is 22.4 Å². The first-order valence-electron chi connectivity index (χ1n) is 51.2. The molecule has 29 aromatic rings. The molecule has 10 heteroatoms. The Morgan fingerprint density at radius 2 is 0.441 bits per heavy atom. The minimum Gasteiger partial charge on any atom is -0.293 e. The third-order valence-corrected chi connectivity index (χ3v) is 27.9. The van der Waals surface area contributed by atoms with Crippen LogP contribution in [0.25, 0.3) is 271 Å². The topological polar surface area (TPSA) is 105 Å². The Morgan fingerprint density at radius 3 is 0.828 bits per heavy atom. The van der Waals surface area contributed by atoms with Crippen LogP contribution in [0.4, 0.5) is 0 Å². The fourth-order valence-electron chi connectivity index (χ4n) is 20.7. The Bertz CT molecular complexity index is 10500. The van der Waals surface area contributed by atoms with E-state index in [9.17, 15) is 0 Å². The van der Waals surface area contributed by atoms with E-state index in [-0.39, 0.29) is 29.7 Å². The van der Waals surface area contributed by atoms with Crippen molar-refractivity contribution in [2.24, 2.45) is 0 Å². The molecule has 7 aromatic heterocycles. The first-order valence-corrected chi connectivity index (χ1v) is 48.7. The van der Waals surface area contributed by atoms with Crippen molar-refractivity contribution in [1.82, 2.24) is 48.6 Å². The van der Waals surface area contributed by atoms with Crippen LogP contribution in [-0.2, 0) is 0 Å². The van der Waals surface area contributed by atoms with E-state index >= 15 is 0 Å². The van der Waals surface area contributed by atoms with Gasteiger partial charge in [0.25, 0.3) is 0 Å². The average molecular weight is 1850 g/mol. The second kappa shape index (κ2) is 36.0. The van der Waals surface area contributed by atoms with E-state index in [1.54, 1.807) is 0 Å². The number of rotatable bonds is 13. The van der Waals surface area contributed by atoms with Crippen LogP contribution in [0, 0.1) is 0 Å². The first kappa shape index (κ1) is 79.4. The van der Waals surface area contributed by atoms with Gasteiger partial charge in [0, 0.05) is 33.1 Å². The SMILES string of the molecule is [2H]c1c([2H])c([2H])c(-c2cc(-c3ccc4ccccc4c3)cc(-c3ccc4c(c3)c3nc5ccccc5nc3n4-c3ccccc3)c2)c([2H])c1[2H].c1ccc(-c2cc(-c3ccc4ccccc4c3)cc(-c3ccc4c(c3)c3nc5ccccc5nc3n4-c3ccc4ccccc4c3)c2)cc1.c1ccc(-c2cc(-c3ccc4ccccc4c3)cc(-c3ccc4c(c3)c3nc5ccccc5nc3n4-c3cccc(-c4ccccc4)n3)c2)cc1. The molecule has 0 radical (unpaired) electrons. The van der Waals surface area contributed by atoms with Crippen LogP contribution >= 0.6 is 0 Å². The van der Waals surface area contributed by atoms with Crippen molar-refractivity contribution >= 4 is 142 Å². The maximum Gasteiger partial charge on any atom is 0.166 e. The minimum absolute atomic E-state index is 0.166. The lowest BCUT2D eigenvalue weighted by Crippen LogP contribution is -2.00. The van der Waals surface area contributed by atoms with Crippen LogP contribution in [0.1, 0.15) is 6.85 Å². The molecule has 22 aromatic carbocycles. The summed E-state index contributed by atoms with van der Waals surface area (Å²) in [6.45, 7) is 0. The molecular formula is C135H86N10. The largest absolute Gasteiger partial charge is 0.293 e. The zero-order chi connectivity index (χ0) is 100. The molecule has 0 aliphatic carbocycles. The molecule has 0 saturated carbocycles. The van der Waals surface area contributed by atoms with Crippen molar-refractivity contribution in [2.75, 3.05) is 0 Å². The summed E-state index contributed by atoms with van der Waals surface area (Å²) in [4.78, 5) is 36.2. The molecule has 0 bridgehead atoms. The maximum absolute atomic E-state index is 8.79. The summed E-state index contributed by atoms with van der Waals surface area (Å²) >= 11 is 0. The summed E-state index contributed by atoms with van der Waals surface area (Å²) < 4.78 is 49.1. The van der Waals surface area contributed by atoms with E-state index < -0.39 is 6.04 Å². The van der Waals surface area contributed by atoms with E-state index in [2.05, 4.69) is 372 Å². The van der Waals surface area contributed by atoms with Crippen LogP contribution in [0.15, 0.2) is 522 Å². The quantitative estimate of drug-likeness (QED) is 0.113. The summed E-state index contributed by atoms with van der Waals surface area (Å²) in [5.74, 6) is 0.804. The van der Waals surface area contributed by atoms with Gasteiger partial charge in [0.2, 0.25) is 0 Å². The van der Waals surface area contributed by atoms with Gasteiger partial charge in [0.15, 0.2) is 16.9 Å². The normalized spacial score (nSPS) is 12.1. The third-order valence-electron chi connectivity index (χ3n) is 27.9. The van der Waals surface area contributed by atoms with Crippen molar-refractivity contribution in [3.05, 3.63) is 522 Å². The van der Waals surface area contributed by atoms with Crippen molar-refractivity contribution in [3.8, 4) is 129 Å². The summed E-state index contributed by atoms with van der Waals surface area (Å²) in [6, 6.07) is 170. The highest BCUT2D eigenvalue weighted by Crippen LogP contribution is 2.45. The molecule has 0 saturated heterocycles. The standard InChI is InChI=1S/C47H30N4.C46H29N3.C42H27N3/c1-3-12-31(13-4-1)37-27-38(35-23-22-32-14-7-8-17-34(32)26-35)29-39(28-37)36-24-25-44-40(30-36)46-47(50-43-19-10-9-18-42(43)49-46)51(44)45-21-11-20-41(48-45)33-15-5-2-6-16-33;1-2-10-30(11-3-1)37-25-38(35-19-18-31-12-4-6-14-33(31)24-35)27-39(26-37)36-21-23-44-41(29-36)45-46(48-43-17-9-8-16-42(43)47-45)49(44)40-22-20-32-13-5-7-15-34(32)28-40;1-3-11-28(12-4-1)33-24-34(31-20-19-29-13-7-8-14-30(29)23-31)26-35(25-33)32-21-22-40-37(27-32)41-42(45(40)36-15-5-2-6-16-36)44-39-18-10-9-17-38(39)43-41/h1-30H;1-29H;1-27H/i;;1D,3D,4D,11D,12D. The number of aromatic nitrogens is 10. The second-order valence-corrected chi connectivity index (χ2v) is 36.8. The second-order valence-electron chi connectivity index (χ2n) is 36.8. The minimum atomic E-state index is -0.413. The average Bonchev–Trinajstić information content (AvgIpc) is 1.57. The molecule has 10 nitrogen and oxygen atoms in total. The van der Waals surface area contributed by atoms with Gasteiger partial charge in [-0.2, -0.15) is 0 Å². The molecule has 0 fully saturated rings. The van der Waals surface area contributed by atoms with E-state index in [0.717, 1.165) is 183 Å². The van der Waals surface area contributed by atoms with E-state index in [1.807, 2.05) is 133 Å². The first-order chi connectivity index (χ1) is 73.8. The molecule has 145 heavy (non-hydrogen) atoms. The molecule has 0 N–H and O–H groups in total. The number of para-hydroxylation sites is 7. The van der Waals surface area contributed by atoms with Gasteiger partial charge >= 0.3 is 0 Å². The van der Waals surface area contributed by atoms with Gasteiger partial charge in [-0.25, -0.2) is 34.9 Å². The van der Waals surface area contributed by atoms with Crippen LogP contribution in [0.5, 0.6) is 0 Å². The Kier molecular flexibility index (Phi) is 19.7. The lowest BCUT2D eigenvalue weighted by Gasteiger charge is -2.13. The molecule has 0 aliphatic heterocycles. The van der Waals surface area contributed by atoms with Gasteiger partial charge in [0.05, 0.1) is 62.2 Å². The lowest BCUT2D eigenvalue weighted by molar-refractivity contribution is 1.06. The highest BCUT2D eigenvalue weighted by atomic mass is 15.1. The van der Waals surface area contributed by atoms with E-state index in [1.165, 1.54) is 76.8 Å². The van der Waals surface area contributed by atoms with Crippen LogP contribution in [0.2, 0.25) is 0 Å². The number of nitrogens with zero attached hydrogens (tertiary/aromatic N) is 10. The molecule has 0 aliphatic rings. The third kappa shape index (κ3) is 15.9. The lowest BCUT2D eigenvalue weighted by atomic mass is 9.92. The van der Waals surface area contributed by atoms with Crippen molar-refractivity contribution < 1.29 is 6.85 Å². The number of fused-ring (bicyclic) bond motifs is 16. The van der Waals surface area contributed by atoms with Gasteiger partial charge in [-0.3, -0.25) is 13.7 Å². The summed E-state index contributed by atoms with van der Waals surface area (Å²) in [5, 5.41) is 12.6. The molecular weight excluding hydrogens is 1760 g/mol. The monoisotopic (exact) mass is 1850 g/mol. The Labute approximate surface area is 842 Å². The summed E-state index contributed by atoms with van der Waals surface area (Å²) in [6.07, 6.45) is 0. The van der Waals surface area contributed by atoms with Crippen LogP contribution in [0.3, 0.4) is 0 Å². The predicted octanol–water partition coefficient (Wildman–Crippen LogP) is 34.9. The van der Waals surface area contributed by atoms with Gasteiger partial charge < -0.3 is 0 Å². The molecule has 0 atom stereocenters. The maximum atomic E-state index is 8.79. The highest BCUT2D eigenvalue weighted by molar-refractivity contribution is 6.13. The van der Waals surface area contributed by atoms with Crippen molar-refractivity contribution in [3.63, 3.8) is 0 Å².